The third kappa shape index (κ3) is 5.98. The predicted octanol–water partition coefficient (Wildman–Crippen LogP) is 3.62. The second-order valence-electron chi connectivity index (χ2n) is 6.10. The van der Waals surface area contributed by atoms with Crippen molar-refractivity contribution in [2.45, 2.75) is 59.5 Å². The maximum atomic E-state index is 12.0. The summed E-state index contributed by atoms with van der Waals surface area (Å²) in [4.78, 5) is 23.6. The van der Waals surface area contributed by atoms with E-state index in [1.165, 1.54) is 0 Å². The average Bonchev–Trinajstić information content (AvgIpc) is 2.37. The molecule has 0 unspecified atom stereocenters. The van der Waals surface area contributed by atoms with Crippen molar-refractivity contribution in [2.75, 3.05) is 5.32 Å². The fraction of sp³-hybridized carbons (Fsp3) is 0.529. The standard InChI is InChI=1S/C17H25NO3/c1-6-13-9-7-8-12(2)16(13)18-14(19)10-11-15(20)21-17(3,4)5/h7-9H,6,10-11H2,1-5H3,(H,18,19). The number of esters is 1. The number of rotatable bonds is 5. The molecule has 4 nitrogen and oxygen atoms in total. The predicted molar refractivity (Wildman–Crippen MR) is 84.3 cm³/mol. The van der Waals surface area contributed by atoms with Crippen LogP contribution in [0, 0.1) is 6.92 Å². The topological polar surface area (TPSA) is 55.4 Å². The first kappa shape index (κ1) is 17.2. The van der Waals surface area contributed by atoms with E-state index in [2.05, 4.69) is 5.32 Å². The lowest BCUT2D eigenvalue weighted by molar-refractivity contribution is -0.155. The first-order valence-corrected chi connectivity index (χ1v) is 7.33. The number of para-hydroxylation sites is 1. The minimum atomic E-state index is -0.515. The Morgan fingerprint density at radius 3 is 2.43 bits per heavy atom. The molecule has 0 atom stereocenters. The van der Waals surface area contributed by atoms with Gasteiger partial charge in [-0.1, -0.05) is 25.1 Å². The number of amides is 1. The molecule has 0 aliphatic rings. The SMILES string of the molecule is CCc1cccc(C)c1NC(=O)CCC(=O)OC(C)(C)C. The summed E-state index contributed by atoms with van der Waals surface area (Å²) in [7, 11) is 0. The number of benzene rings is 1. The van der Waals surface area contributed by atoms with E-state index >= 15 is 0 Å². The van der Waals surface area contributed by atoms with Crippen molar-refractivity contribution >= 4 is 17.6 Å². The molecule has 1 aromatic carbocycles. The summed E-state index contributed by atoms with van der Waals surface area (Å²) in [6.45, 7) is 9.44. The molecular weight excluding hydrogens is 266 g/mol. The first-order valence-electron chi connectivity index (χ1n) is 7.33. The minimum Gasteiger partial charge on any atom is -0.460 e. The summed E-state index contributed by atoms with van der Waals surface area (Å²) in [5, 5.41) is 2.90. The van der Waals surface area contributed by atoms with Gasteiger partial charge >= 0.3 is 5.97 Å². The lowest BCUT2D eigenvalue weighted by Gasteiger charge is -2.19. The van der Waals surface area contributed by atoms with E-state index in [9.17, 15) is 9.59 Å². The molecule has 0 saturated heterocycles. The van der Waals surface area contributed by atoms with Gasteiger partial charge < -0.3 is 10.1 Å². The largest absolute Gasteiger partial charge is 0.460 e. The molecule has 21 heavy (non-hydrogen) atoms. The second-order valence-corrected chi connectivity index (χ2v) is 6.10. The minimum absolute atomic E-state index is 0.0937. The van der Waals surface area contributed by atoms with E-state index in [-0.39, 0.29) is 24.7 Å². The highest BCUT2D eigenvalue weighted by Gasteiger charge is 2.17. The summed E-state index contributed by atoms with van der Waals surface area (Å²) in [5.74, 6) is -0.511. The quantitative estimate of drug-likeness (QED) is 0.843. The number of carbonyl (C=O) groups is 2. The molecule has 0 heterocycles. The monoisotopic (exact) mass is 291 g/mol. The van der Waals surface area contributed by atoms with Crippen LogP contribution in [0.4, 0.5) is 5.69 Å². The van der Waals surface area contributed by atoms with Gasteiger partial charge in [-0.2, -0.15) is 0 Å². The van der Waals surface area contributed by atoms with Gasteiger partial charge in [0.05, 0.1) is 6.42 Å². The first-order chi connectivity index (χ1) is 9.73. The molecule has 4 heteroatoms. The summed E-state index contributed by atoms with van der Waals surface area (Å²) in [6, 6.07) is 5.93. The molecule has 116 valence electrons. The summed E-state index contributed by atoms with van der Waals surface area (Å²) < 4.78 is 5.19. The third-order valence-corrected chi connectivity index (χ3v) is 2.98. The average molecular weight is 291 g/mol. The Labute approximate surface area is 126 Å². The number of aryl methyl sites for hydroxylation is 2. The molecule has 0 spiro atoms. The van der Waals surface area contributed by atoms with Gasteiger partial charge in [0.25, 0.3) is 0 Å². The van der Waals surface area contributed by atoms with Gasteiger partial charge in [0.15, 0.2) is 0 Å². The Morgan fingerprint density at radius 1 is 1.19 bits per heavy atom. The van der Waals surface area contributed by atoms with Crippen LogP contribution in [0.25, 0.3) is 0 Å². The molecule has 0 aliphatic heterocycles. The van der Waals surface area contributed by atoms with E-state index in [0.29, 0.717) is 0 Å². The van der Waals surface area contributed by atoms with Crippen LogP contribution in [0.5, 0.6) is 0 Å². The fourth-order valence-electron chi connectivity index (χ4n) is 2.01. The molecule has 1 rings (SSSR count). The van der Waals surface area contributed by atoms with Gasteiger partial charge in [-0.15, -0.1) is 0 Å². The van der Waals surface area contributed by atoms with Gasteiger partial charge in [0.2, 0.25) is 5.91 Å². The van der Waals surface area contributed by atoms with Crippen molar-refractivity contribution in [1.29, 1.82) is 0 Å². The van der Waals surface area contributed by atoms with Crippen LogP contribution < -0.4 is 5.32 Å². The van der Waals surface area contributed by atoms with Crippen molar-refractivity contribution in [2.24, 2.45) is 0 Å². The van der Waals surface area contributed by atoms with Crippen LogP contribution in [0.1, 0.15) is 51.7 Å². The van der Waals surface area contributed by atoms with Crippen molar-refractivity contribution in [1.82, 2.24) is 0 Å². The maximum Gasteiger partial charge on any atom is 0.306 e. The van der Waals surface area contributed by atoms with Crippen LogP contribution in [0.2, 0.25) is 0 Å². The van der Waals surface area contributed by atoms with Gasteiger partial charge in [-0.05, 0) is 45.2 Å². The molecule has 0 radical (unpaired) electrons. The van der Waals surface area contributed by atoms with Gasteiger partial charge in [0.1, 0.15) is 5.60 Å². The van der Waals surface area contributed by atoms with E-state index in [1.54, 1.807) is 0 Å². The summed E-state index contributed by atoms with van der Waals surface area (Å²) >= 11 is 0. The third-order valence-electron chi connectivity index (χ3n) is 2.98. The Morgan fingerprint density at radius 2 is 1.86 bits per heavy atom. The van der Waals surface area contributed by atoms with Gasteiger partial charge in [-0.3, -0.25) is 9.59 Å². The lowest BCUT2D eigenvalue weighted by atomic mass is 10.1. The number of nitrogens with one attached hydrogen (secondary N) is 1. The second kappa shape index (κ2) is 7.25. The van der Waals surface area contributed by atoms with E-state index in [1.807, 2.05) is 52.8 Å². The lowest BCUT2D eigenvalue weighted by Crippen LogP contribution is -2.25. The number of ether oxygens (including phenoxy) is 1. The Kier molecular flexibility index (Phi) is 5.94. The van der Waals surface area contributed by atoms with Crippen LogP contribution in [-0.2, 0) is 20.7 Å². The van der Waals surface area contributed by atoms with E-state index < -0.39 is 5.60 Å². The molecular formula is C17H25NO3. The van der Waals surface area contributed by atoms with Gasteiger partial charge in [0, 0.05) is 12.1 Å². The van der Waals surface area contributed by atoms with Crippen molar-refractivity contribution in [3.8, 4) is 0 Å². The van der Waals surface area contributed by atoms with Crippen LogP contribution in [-0.4, -0.2) is 17.5 Å². The van der Waals surface area contributed by atoms with Gasteiger partial charge in [-0.25, -0.2) is 0 Å². The zero-order chi connectivity index (χ0) is 16.0. The molecule has 0 saturated carbocycles. The number of hydrogen-bond donors (Lipinski definition) is 1. The highest BCUT2D eigenvalue weighted by molar-refractivity contribution is 5.94. The molecule has 0 aliphatic carbocycles. The summed E-state index contributed by atoms with van der Waals surface area (Å²) in [6.07, 6.45) is 1.08. The molecule has 0 fully saturated rings. The molecule has 1 aromatic rings. The molecule has 1 amide bonds. The van der Waals surface area contributed by atoms with Crippen LogP contribution in [0.3, 0.4) is 0 Å². The normalized spacial score (nSPS) is 11.1. The fourth-order valence-corrected chi connectivity index (χ4v) is 2.01. The van der Waals surface area contributed by atoms with E-state index in [4.69, 9.17) is 4.74 Å². The smallest absolute Gasteiger partial charge is 0.306 e. The van der Waals surface area contributed by atoms with Crippen molar-refractivity contribution < 1.29 is 14.3 Å². The highest BCUT2D eigenvalue weighted by Crippen LogP contribution is 2.21. The maximum absolute atomic E-state index is 12.0. The number of hydrogen-bond acceptors (Lipinski definition) is 3. The molecule has 1 N–H and O–H groups in total. The molecule has 0 aromatic heterocycles. The Hall–Kier alpha value is -1.84. The van der Waals surface area contributed by atoms with Crippen molar-refractivity contribution in [3.05, 3.63) is 29.3 Å². The van der Waals surface area contributed by atoms with Crippen LogP contribution in [0.15, 0.2) is 18.2 Å². The summed E-state index contributed by atoms with van der Waals surface area (Å²) in [5.41, 5.74) is 2.47. The Balaban J connectivity index is 2.57. The van der Waals surface area contributed by atoms with Crippen LogP contribution >= 0.6 is 0 Å². The van der Waals surface area contributed by atoms with E-state index in [0.717, 1.165) is 23.2 Å². The zero-order valence-corrected chi connectivity index (χ0v) is 13.6. The number of anilines is 1. The Bertz CT molecular complexity index is 515. The molecule has 0 bridgehead atoms. The number of carbonyl (C=O) groups excluding carboxylic acids is 2. The van der Waals surface area contributed by atoms with Crippen molar-refractivity contribution in [3.63, 3.8) is 0 Å². The zero-order valence-electron chi connectivity index (χ0n) is 13.6. The highest BCUT2D eigenvalue weighted by atomic mass is 16.6.